The lowest BCUT2D eigenvalue weighted by Crippen LogP contribution is -1.99. The monoisotopic (exact) mass is 207 g/mol. The summed E-state index contributed by atoms with van der Waals surface area (Å²) in [6.45, 7) is 2.94. The van der Waals surface area contributed by atoms with Crippen LogP contribution < -0.4 is 5.32 Å². The summed E-state index contributed by atoms with van der Waals surface area (Å²) in [5.41, 5.74) is 2.28. The van der Waals surface area contributed by atoms with Gasteiger partial charge in [-0.25, -0.2) is 0 Å². The minimum absolute atomic E-state index is 0.879. The van der Waals surface area contributed by atoms with Gasteiger partial charge in [0.1, 0.15) is 0 Å². The van der Waals surface area contributed by atoms with E-state index in [1.807, 2.05) is 17.9 Å². The third-order valence-electron chi connectivity index (χ3n) is 2.27. The van der Waals surface area contributed by atoms with Crippen molar-refractivity contribution in [3.63, 3.8) is 0 Å². The van der Waals surface area contributed by atoms with E-state index in [0.29, 0.717) is 0 Å². The van der Waals surface area contributed by atoms with E-state index in [0.717, 1.165) is 12.2 Å². The fourth-order valence-electron chi connectivity index (χ4n) is 1.27. The Morgan fingerprint density at radius 2 is 2.43 bits per heavy atom. The molecule has 0 saturated carbocycles. The molecule has 0 aromatic carbocycles. The second kappa shape index (κ2) is 3.84. The number of hydrogen-bond acceptors (Lipinski definition) is 3. The summed E-state index contributed by atoms with van der Waals surface area (Å²) in [5, 5.41) is 9.63. The van der Waals surface area contributed by atoms with Crippen molar-refractivity contribution in [3.8, 4) is 0 Å². The number of hydrogen-bond donors (Lipinski definition) is 1. The number of aromatic nitrogens is 2. The molecule has 0 aliphatic carbocycles. The zero-order chi connectivity index (χ0) is 9.97. The summed E-state index contributed by atoms with van der Waals surface area (Å²) in [7, 11) is 1.95. The summed E-state index contributed by atoms with van der Waals surface area (Å²) in [4.78, 5) is 1.34. The molecule has 3 nitrogen and oxygen atoms in total. The molecule has 2 heterocycles. The summed E-state index contributed by atoms with van der Waals surface area (Å²) in [6, 6.07) is 4.20. The molecule has 0 unspecified atom stereocenters. The minimum Gasteiger partial charge on any atom is -0.377 e. The molecule has 0 bridgehead atoms. The maximum absolute atomic E-state index is 4.17. The molecular formula is C10H13N3S. The van der Waals surface area contributed by atoms with Crippen molar-refractivity contribution < 1.29 is 0 Å². The molecule has 2 aromatic rings. The van der Waals surface area contributed by atoms with Gasteiger partial charge in [-0.2, -0.15) is 5.10 Å². The molecule has 0 atom stereocenters. The van der Waals surface area contributed by atoms with Gasteiger partial charge in [-0.3, -0.25) is 4.68 Å². The van der Waals surface area contributed by atoms with Crippen molar-refractivity contribution in [2.75, 3.05) is 5.32 Å². The van der Waals surface area contributed by atoms with Crippen LogP contribution in [0.2, 0.25) is 0 Å². The largest absolute Gasteiger partial charge is 0.377 e. The normalized spacial score (nSPS) is 10.4. The summed E-state index contributed by atoms with van der Waals surface area (Å²) in [6.07, 6.45) is 1.86. The van der Waals surface area contributed by atoms with E-state index in [1.54, 1.807) is 11.3 Å². The molecule has 2 aromatic heterocycles. The maximum atomic E-state index is 4.17. The predicted octanol–water partition coefficient (Wildman–Crippen LogP) is 2.40. The summed E-state index contributed by atoms with van der Waals surface area (Å²) >= 11 is 1.77. The van der Waals surface area contributed by atoms with Crippen molar-refractivity contribution in [2.45, 2.75) is 13.5 Å². The van der Waals surface area contributed by atoms with Gasteiger partial charge in [0.15, 0.2) is 0 Å². The molecule has 74 valence electrons. The van der Waals surface area contributed by atoms with Crippen molar-refractivity contribution in [2.24, 2.45) is 7.05 Å². The van der Waals surface area contributed by atoms with Crippen molar-refractivity contribution in [3.05, 3.63) is 34.3 Å². The molecular weight excluding hydrogens is 194 g/mol. The third kappa shape index (κ3) is 1.80. The van der Waals surface area contributed by atoms with Gasteiger partial charge in [-0.1, -0.05) is 6.07 Å². The zero-order valence-electron chi connectivity index (χ0n) is 8.32. The van der Waals surface area contributed by atoms with E-state index in [9.17, 15) is 0 Å². The van der Waals surface area contributed by atoms with E-state index in [1.165, 1.54) is 10.6 Å². The van der Waals surface area contributed by atoms with Crippen LogP contribution in [0.4, 0.5) is 5.69 Å². The van der Waals surface area contributed by atoms with Gasteiger partial charge in [-0.15, -0.1) is 11.3 Å². The van der Waals surface area contributed by atoms with Gasteiger partial charge in [0.25, 0.3) is 0 Å². The van der Waals surface area contributed by atoms with Crippen LogP contribution in [0, 0.1) is 6.92 Å². The molecule has 4 heteroatoms. The molecule has 2 rings (SSSR count). The Labute approximate surface area is 87.4 Å². The lowest BCUT2D eigenvalue weighted by Gasteiger charge is -2.03. The van der Waals surface area contributed by atoms with E-state index < -0.39 is 0 Å². The van der Waals surface area contributed by atoms with Crippen LogP contribution in [0.15, 0.2) is 23.7 Å². The molecule has 0 spiro atoms. The summed E-state index contributed by atoms with van der Waals surface area (Å²) in [5.74, 6) is 0. The number of thiophene rings is 1. The first-order valence-electron chi connectivity index (χ1n) is 4.52. The quantitative estimate of drug-likeness (QED) is 0.837. The van der Waals surface area contributed by atoms with E-state index in [4.69, 9.17) is 0 Å². The van der Waals surface area contributed by atoms with E-state index in [-0.39, 0.29) is 0 Å². The lowest BCUT2D eigenvalue weighted by molar-refractivity contribution is 0.740. The van der Waals surface area contributed by atoms with Gasteiger partial charge in [0.2, 0.25) is 0 Å². The Morgan fingerprint density at radius 3 is 3.00 bits per heavy atom. The molecule has 1 N–H and O–H groups in total. The average molecular weight is 207 g/mol. The third-order valence-corrected chi connectivity index (χ3v) is 3.14. The molecule has 0 fully saturated rings. The van der Waals surface area contributed by atoms with Gasteiger partial charge < -0.3 is 5.32 Å². The number of nitrogens with zero attached hydrogens (tertiary/aromatic N) is 2. The van der Waals surface area contributed by atoms with Crippen molar-refractivity contribution in [1.29, 1.82) is 0 Å². The highest BCUT2D eigenvalue weighted by atomic mass is 32.1. The standard InChI is InChI=1S/C10H13N3S/c1-8-10(7-12-13(8)2)11-6-9-4-3-5-14-9/h3-5,7,11H,6H2,1-2H3. The molecule has 14 heavy (non-hydrogen) atoms. The molecule has 0 aliphatic heterocycles. The zero-order valence-corrected chi connectivity index (χ0v) is 9.14. The second-order valence-corrected chi connectivity index (χ2v) is 4.23. The fourth-order valence-corrected chi connectivity index (χ4v) is 1.91. The highest BCUT2D eigenvalue weighted by molar-refractivity contribution is 7.09. The van der Waals surface area contributed by atoms with Gasteiger partial charge in [-0.05, 0) is 18.4 Å². The summed E-state index contributed by atoms with van der Waals surface area (Å²) < 4.78 is 1.87. The average Bonchev–Trinajstić information content (AvgIpc) is 2.77. The Kier molecular flexibility index (Phi) is 2.54. The topological polar surface area (TPSA) is 29.9 Å². The van der Waals surface area contributed by atoms with Crippen LogP contribution in [0.25, 0.3) is 0 Å². The number of anilines is 1. The van der Waals surface area contributed by atoms with E-state index >= 15 is 0 Å². The Morgan fingerprint density at radius 1 is 1.57 bits per heavy atom. The van der Waals surface area contributed by atoms with Crippen LogP contribution in [0.5, 0.6) is 0 Å². The first-order chi connectivity index (χ1) is 6.77. The Balaban J connectivity index is 2.02. The molecule has 0 amide bonds. The number of rotatable bonds is 3. The molecule has 0 aliphatic rings. The highest BCUT2D eigenvalue weighted by Crippen LogP contribution is 2.15. The van der Waals surface area contributed by atoms with Crippen LogP contribution in [0.1, 0.15) is 10.6 Å². The highest BCUT2D eigenvalue weighted by Gasteiger charge is 2.02. The first kappa shape index (κ1) is 9.27. The smallest absolute Gasteiger partial charge is 0.0759 e. The Hall–Kier alpha value is -1.29. The van der Waals surface area contributed by atoms with Crippen LogP contribution in [-0.2, 0) is 13.6 Å². The van der Waals surface area contributed by atoms with Gasteiger partial charge in [0.05, 0.1) is 17.6 Å². The molecule has 0 saturated heterocycles. The SMILES string of the molecule is Cc1c(NCc2cccs2)cnn1C. The minimum atomic E-state index is 0.879. The number of aryl methyl sites for hydroxylation is 1. The lowest BCUT2D eigenvalue weighted by atomic mass is 10.4. The van der Waals surface area contributed by atoms with Gasteiger partial charge >= 0.3 is 0 Å². The van der Waals surface area contributed by atoms with Crippen LogP contribution in [-0.4, -0.2) is 9.78 Å². The van der Waals surface area contributed by atoms with E-state index in [2.05, 4.69) is 34.9 Å². The van der Waals surface area contributed by atoms with Crippen LogP contribution in [0.3, 0.4) is 0 Å². The first-order valence-corrected chi connectivity index (χ1v) is 5.40. The predicted molar refractivity (Wildman–Crippen MR) is 59.6 cm³/mol. The van der Waals surface area contributed by atoms with Crippen molar-refractivity contribution in [1.82, 2.24) is 9.78 Å². The Bertz CT molecular complexity index is 403. The fraction of sp³-hybridized carbons (Fsp3) is 0.300. The van der Waals surface area contributed by atoms with Gasteiger partial charge in [0, 0.05) is 18.5 Å². The number of nitrogens with one attached hydrogen (secondary N) is 1. The second-order valence-electron chi connectivity index (χ2n) is 3.20. The maximum Gasteiger partial charge on any atom is 0.0759 e. The van der Waals surface area contributed by atoms with Crippen LogP contribution >= 0.6 is 11.3 Å². The van der Waals surface area contributed by atoms with Crippen molar-refractivity contribution >= 4 is 17.0 Å². The molecule has 0 radical (unpaired) electrons.